The molecule has 184 valence electrons. The molecule has 0 unspecified atom stereocenters. The monoisotopic (exact) mass is 480 g/mol. The van der Waals surface area contributed by atoms with Gasteiger partial charge in [-0.05, 0) is 73.2 Å². The molecule has 36 heavy (non-hydrogen) atoms. The number of fused-ring (bicyclic) bond motifs is 1. The summed E-state index contributed by atoms with van der Waals surface area (Å²) in [7, 11) is 0. The summed E-state index contributed by atoms with van der Waals surface area (Å²) in [6.07, 6.45) is 6.58. The highest BCUT2D eigenvalue weighted by molar-refractivity contribution is 5.82. The number of nitrogens with zero attached hydrogens (tertiary/aromatic N) is 3. The van der Waals surface area contributed by atoms with Crippen LogP contribution in [0.5, 0.6) is 0 Å². The zero-order valence-corrected chi connectivity index (χ0v) is 21.2. The SMILES string of the molecule is CCNc1cccc(-c2ccnc(/C=C/c3ccc4c(c3)CCN(CC(=O)OCC)C4)c2C#N)c1C. The summed E-state index contributed by atoms with van der Waals surface area (Å²) in [6.45, 7) is 9.11. The molecule has 0 aliphatic carbocycles. The first kappa shape index (κ1) is 25.2. The van der Waals surface area contributed by atoms with Crippen molar-refractivity contribution in [3.63, 3.8) is 0 Å². The van der Waals surface area contributed by atoms with Crippen molar-refractivity contribution in [2.75, 3.05) is 31.6 Å². The van der Waals surface area contributed by atoms with Gasteiger partial charge >= 0.3 is 5.97 Å². The lowest BCUT2D eigenvalue weighted by molar-refractivity contribution is -0.144. The highest BCUT2D eigenvalue weighted by Crippen LogP contribution is 2.32. The van der Waals surface area contributed by atoms with E-state index in [0.717, 1.165) is 54.0 Å². The van der Waals surface area contributed by atoms with Crippen molar-refractivity contribution in [1.29, 1.82) is 5.26 Å². The molecule has 6 nitrogen and oxygen atoms in total. The fourth-order valence-electron chi connectivity index (χ4n) is 4.69. The number of benzene rings is 2. The molecule has 0 spiro atoms. The van der Waals surface area contributed by atoms with Crippen LogP contribution < -0.4 is 5.32 Å². The fourth-order valence-corrected chi connectivity index (χ4v) is 4.69. The summed E-state index contributed by atoms with van der Waals surface area (Å²) >= 11 is 0. The summed E-state index contributed by atoms with van der Waals surface area (Å²) in [5.74, 6) is -0.174. The Kier molecular flexibility index (Phi) is 8.14. The number of carbonyl (C=O) groups excluding carboxylic acids is 1. The minimum absolute atomic E-state index is 0.174. The maximum Gasteiger partial charge on any atom is 0.320 e. The minimum atomic E-state index is -0.174. The van der Waals surface area contributed by atoms with Gasteiger partial charge in [-0.2, -0.15) is 5.26 Å². The van der Waals surface area contributed by atoms with E-state index in [9.17, 15) is 10.1 Å². The first-order chi connectivity index (χ1) is 17.5. The van der Waals surface area contributed by atoms with Gasteiger partial charge in [0.2, 0.25) is 0 Å². The standard InChI is InChI=1S/C30H32N4O2/c1-4-32-28-8-6-7-25(21(28)3)26-13-15-33-29(27(26)18-31)12-10-22-9-11-24-19-34(16-14-23(24)17-22)20-30(35)36-5-2/h6-13,15,17,32H,4-5,14,16,19-20H2,1-3H3/b12-10+. The average Bonchev–Trinajstić information content (AvgIpc) is 2.88. The van der Waals surface area contributed by atoms with E-state index in [1.165, 1.54) is 11.1 Å². The molecule has 0 saturated carbocycles. The van der Waals surface area contributed by atoms with Crippen LogP contribution in [0.3, 0.4) is 0 Å². The largest absolute Gasteiger partial charge is 0.465 e. The molecule has 4 rings (SSSR count). The first-order valence-corrected chi connectivity index (χ1v) is 12.4. The molecule has 1 aliphatic heterocycles. The van der Waals surface area contributed by atoms with Crippen LogP contribution in [0.4, 0.5) is 5.69 Å². The van der Waals surface area contributed by atoms with Crippen LogP contribution in [0.2, 0.25) is 0 Å². The number of anilines is 1. The van der Waals surface area contributed by atoms with Crippen molar-refractivity contribution in [1.82, 2.24) is 9.88 Å². The van der Waals surface area contributed by atoms with Crippen LogP contribution in [0.25, 0.3) is 23.3 Å². The molecule has 6 heteroatoms. The van der Waals surface area contributed by atoms with Gasteiger partial charge in [-0.25, -0.2) is 0 Å². The number of rotatable bonds is 8. The molecule has 0 fully saturated rings. The predicted molar refractivity (Wildman–Crippen MR) is 144 cm³/mol. The first-order valence-electron chi connectivity index (χ1n) is 12.4. The third kappa shape index (κ3) is 5.64. The number of carbonyl (C=O) groups is 1. The average molecular weight is 481 g/mol. The van der Waals surface area contributed by atoms with Gasteiger partial charge in [0.1, 0.15) is 6.07 Å². The second-order valence-corrected chi connectivity index (χ2v) is 8.87. The third-order valence-corrected chi connectivity index (χ3v) is 6.50. The van der Waals surface area contributed by atoms with Crippen LogP contribution in [0, 0.1) is 18.3 Å². The normalized spacial score (nSPS) is 13.3. The van der Waals surface area contributed by atoms with Crippen molar-refractivity contribution in [2.45, 2.75) is 33.7 Å². The summed E-state index contributed by atoms with van der Waals surface area (Å²) in [5.41, 5.74) is 8.91. The van der Waals surface area contributed by atoms with Gasteiger partial charge in [0.05, 0.1) is 24.4 Å². The highest BCUT2D eigenvalue weighted by Gasteiger charge is 2.19. The van der Waals surface area contributed by atoms with Crippen LogP contribution in [0.15, 0.2) is 48.7 Å². The molecule has 3 aromatic rings. The minimum Gasteiger partial charge on any atom is -0.465 e. The van der Waals surface area contributed by atoms with Crippen molar-refractivity contribution in [3.05, 3.63) is 82.2 Å². The van der Waals surface area contributed by atoms with Gasteiger partial charge in [0.15, 0.2) is 0 Å². The van der Waals surface area contributed by atoms with Crippen molar-refractivity contribution < 1.29 is 9.53 Å². The Morgan fingerprint density at radius 3 is 2.81 bits per heavy atom. The number of nitrogens with one attached hydrogen (secondary N) is 1. The second-order valence-electron chi connectivity index (χ2n) is 8.87. The highest BCUT2D eigenvalue weighted by atomic mass is 16.5. The molecule has 1 N–H and O–H groups in total. The Bertz CT molecular complexity index is 1320. The summed E-state index contributed by atoms with van der Waals surface area (Å²) in [5, 5.41) is 13.4. The van der Waals surface area contributed by atoms with E-state index in [0.29, 0.717) is 24.4 Å². The lowest BCUT2D eigenvalue weighted by atomic mass is 9.94. The fraction of sp³-hybridized carbons (Fsp3) is 0.300. The van der Waals surface area contributed by atoms with Gasteiger partial charge < -0.3 is 10.1 Å². The van der Waals surface area contributed by atoms with E-state index < -0.39 is 0 Å². The molecular formula is C30H32N4O2. The Balaban J connectivity index is 1.56. The summed E-state index contributed by atoms with van der Waals surface area (Å²) in [6, 6.07) is 16.8. The third-order valence-electron chi connectivity index (χ3n) is 6.50. The second kappa shape index (κ2) is 11.7. The van der Waals surface area contributed by atoms with Gasteiger partial charge in [0, 0.05) is 37.1 Å². The van der Waals surface area contributed by atoms with Gasteiger partial charge in [-0.3, -0.25) is 14.7 Å². The molecule has 0 saturated heterocycles. The van der Waals surface area contributed by atoms with E-state index in [2.05, 4.69) is 65.4 Å². The molecular weight excluding hydrogens is 448 g/mol. The lowest BCUT2D eigenvalue weighted by Crippen LogP contribution is -2.35. The molecule has 0 amide bonds. The maximum absolute atomic E-state index is 11.8. The Labute approximate surface area is 213 Å². The number of pyridine rings is 1. The molecule has 2 aromatic carbocycles. The molecule has 2 heterocycles. The molecule has 0 bridgehead atoms. The van der Waals surface area contributed by atoms with E-state index >= 15 is 0 Å². The van der Waals surface area contributed by atoms with E-state index in [1.807, 2.05) is 31.2 Å². The zero-order valence-electron chi connectivity index (χ0n) is 21.2. The number of aromatic nitrogens is 1. The quantitative estimate of drug-likeness (QED) is 0.432. The number of hydrogen-bond acceptors (Lipinski definition) is 6. The summed E-state index contributed by atoms with van der Waals surface area (Å²) < 4.78 is 5.08. The van der Waals surface area contributed by atoms with Crippen LogP contribution in [-0.2, 0) is 22.5 Å². The van der Waals surface area contributed by atoms with Gasteiger partial charge in [0.25, 0.3) is 0 Å². The maximum atomic E-state index is 11.8. The van der Waals surface area contributed by atoms with Crippen LogP contribution in [-0.4, -0.2) is 42.1 Å². The van der Waals surface area contributed by atoms with Gasteiger partial charge in [-0.1, -0.05) is 36.4 Å². The zero-order chi connectivity index (χ0) is 25.5. The van der Waals surface area contributed by atoms with Crippen molar-refractivity contribution in [3.8, 4) is 17.2 Å². The predicted octanol–water partition coefficient (Wildman–Crippen LogP) is 5.45. The van der Waals surface area contributed by atoms with Crippen LogP contribution in [0.1, 0.15) is 47.4 Å². The van der Waals surface area contributed by atoms with Crippen molar-refractivity contribution >= 4 is 23.8 Å². The van der Waals surface area contributed by atoms with E-state index in [4.69, 9.17) is 4.74 Å². The summed E-state index contributed by atoms with van der Waals surface area (Å²) in [4.78, 5) is 18.4. The molecule has 0 atom stereocenters. The van der Waals surface area contributed by atoms with E-state index in [1.54, 1.807) is 6.20 Å². The van der Waals surface area contributed by atoms with Gasteiger partial charge in [-0.15, -0.1) is 0 Å². The topological polar surface area (TPSA) is 78.2 Å². The smallest absolute Gasteiger partial charge is 0.320 e. The Morgan fingerprint density at radius 1 is 1.17 bits per heavy atom. The molecule has 1 aromatic heterocycles. The Morgan fingerprint density at radius 2 is 2.03 bits per heavy atom. The molecule has 1 aliphatic rings. The number of ether oxygens (including phenoxy) is 1. The molecule has 0 radical (unpaired) electrons. The lowest BCUT2D eigenvalue weighted by Gasteiger charge is -2.28. The Hall–Kier alpha value is -3.95. The van der Waals surface area contributed by atoms with Crippen molar-refractivity contribution in [2.24, 2.45) is 0 Å². The van der Waals surface area contributed by atoms with Crippen LogP contribution >= 0.6 is 0 Å². The number of hydrogen-bond donors (Lipinski definition) is 1. The van der Waals surface area contributed by atoms with E-state index in [-0.39, 0.29) is 5.97 Å². The number of esters is 1. The number of nitriles is 1.